The number of Topliss-reactive ketones (excluding diaryl/α,β-unsaturated/α-hetero) is 1. The fourth-order valence-corrected chi connectivity index (χ4v) is 3.15. The van der Waals surface area contributed by atoms with Crippen LogP contribution in [0, 0.1) is 0 Å². The summed E-state index contributed by atoms with van der Waals surface area (Å²) < 4.78 is 8.01. The molecule has 2 heterocycles. The summed E-state index contributed by atoms with van der Waals surface area (Å²) in [6.07, 6.45) is 6.05. The lowest BCUT2D eigenvalue weighted by molar-refractivity contribution is 0.0745. The number of carbonyl (C=O) groups is 1. The molecule has 17 heavy (non-hydrogen) atoms. The number of fused-ring (bicyclic) bond motifs is 1. The van der Waals surface area contributed by atoms with E-state index >= 15 is 0 Å². The number of ketones is 1. The molecule has 2 aliphatic rings. The summed E-state index contributed by atoms with van der Waals surface area (Å²) in [5.74, 6) is 0.306. The molecule has 1 fully saturated rings. The number of nitrogens with zero attached hydrogens (tertiary/aromatic N) is 1. The van der Waals surface area contributed by atoms with Gasteiger partial charge in [0.25, 0.3) is 0 Å². The van der Waals surface area contributed by atoms with Crippen molar-refractivity contribution in [2.45, 2.75) is 51.2 Å². The lowest BCUT2D eigenvalue weighted by Gasteiger charge is -2.32. The predicted molar refractivity (Wildman–Crippen MR) is 65.4 cm³/mol. The first-order valence-corrected chi connectivity index (χ1v) is 6.48. The third-order valence-electron chi connectivity index (χ3n) is 4.51. The molecule has 1 aromatic rings. The van der Waals surface area contributed by atoms with Gasteiger partial charge in [-0.3, -0.25) is 4.79 Å². The Bertz CT molecular complexity index is 463. The topological polar surface area (TPSA) is 31.2 Å². The molecular weight excluding hydrogens is 214 g/mol. The zero-order valence-corrected chi connectivity index (χ0v) is 10.5. The Morgan fingerprint density at radius 2 is 2.29 bits per heavy atom. The van der Waals surface area contributed by atoms with Crippen LogP contribution in [0.3, 0.4) is 0 Å². The quantitative estimate of drug-likeness (QED) is 0.746. The third kappa shape index (κ3) is 1.48. The Labute approximate surface area is 102 Å². The normalized spacial score (nSPS) is 32.8. The molecule has 3 heteroatoms. The average Bonchev–Trinajstić information content (AvgIpc) is 2.86. The monoisotopic (exact) mass is 233 g/mol. The molecule has 1 aromatic heterocycles. The van der Waals surface area contributed by atoms with Gasteiger partial charge in [-0.05, 0) is 39.2 Å². The molecule has 2 unspecified atom stereocenters. The Morgan fingerprint density at radius 3 is 3.00 bits per heavy atom. The van der Waals surface area contributed by atoms with E-state index in [4.69, 9.17) is 4.74 Å². The van der Waals surface area contributed by atoms with Gasteiger partial charge in [-0.15, -0.1) is 0 Å². The van der Waals surface area contributed by atoms with Crippen LogP contribution >= 0.6 is 0 Å². The van der Waals surface area contributed by atoms with E-state index in [-0.39, 0.29) is 11.6 Å². The molecule has 0 aromatic carbocycles. The van der Waals surface area contributed by atoms with E-state index in [9.17, 15) is 4.79 Å². The molecule has 0 radical (unpaired) electrons. The van der Waals surface area contributed by atoms with E-state index in [1.165, 1.54) is 5.69 Å². The Kier molecular flexibility index (Phi) is 2.40. The fourth-order valence-electron chi connectivity index (χ4n) is 3.15. The first kappa shape index (κ1) is 11.0. The van der Waals surface area contributed by atoms with E-state index < -0.39 is 0 Å². The van der Waals surface area contributed by atoms with Gasteiger partial charge < -0.3 is 9.30 Å². The highest BCUT2D eigenvalue weighted by Crippen LogP contribution is 2.36. The van der Waals surface area contributed by atoms with Crippen LogP contribution in [0.2, 0.25) is 0 Å². The van der Waals surface area contributed by atoms with Crippen LogP contribution in [0.1, 0.15) is 49.2 Å². The van der Waals surface area contributed by atoms with Crippen molar-refractivity contribution in [3.63, 3.8) is 0 Å². The molecule has 0 bridgehead atoms. The Balaban J connectivity index is 2.07. The minimum absolute atomic E-state index is 0.0191. The van der Waals surface area contributed by atoms with Crippen molar-refractivity contribution in [3.8, 4) is 0 Å². The van der Waals surface area contributed by atoms with Crippen LogP contribution in [0.25, 0.3) is 0 Å². The largest absolute Gasteiger partial charge is 0.376 e. The third-order valence-corrected chi connectivity index (χ3v) is 4.51. The summed E-state index contributed by atoms with van der Waals surface area (Å²) in [7, 11) is 0. The summed E-state index contributed by atoms with van der Waals surface area (Å²) in [4.78, 5) is 11.9. The average molecular weight is 233 g/mol. The van der Waals surface area contributed by atoms with E-state index in [0.29, 0.717) is 12.2 Å². The first-order valence-electron chi connectivity index (χ1n) is 6.48. The van der Waals surface area contributed by atoms with Gasteiger partial charge in [0.1, 0.15) is 0 Å². The second kappa shape index (κ2) is 3.70. The van der Waals surface area contributed by atoms with Crippen LogP contribution in [0.15, 0.2) is 12.3 Å². The molecule has 0 N–H and O–H groups in total. The van der Waals surface area contributed by atoms with Crippen molar-refractivity contribution in [3.05, 3.63) is 23.5 Å². The molecule has 92 valence electrons. The fraction of sp³-hybridized carbons (Fsp3) is 0.643. The van der Waals surface area contributed by atoms with Crippen LogP contribution in [0.5, 0.6) is 0 Å². The number of hydrogen-bond donors (Lipinski definition) is 0. The molecule has 0 saturated carbocycles. The second-order valence-electron chi connectivity index (χ2n) is 5.44. The van der Waals surface area contributed by atoms with Gasteiger partial charge in [-0.25, -0.2) is 0 Å². The number of ether oxygens (including phenoxy) is 1. The number of rotatable bonds is 1. The zero-order valence-electron chi connectivity index (χ0n) is 10.5. The van der Waals surface area contributed by atoms with E-state index in [2.05, 4.69) is 24.6 Å². The number of hydrogen-bond acceptors (Lipinski definition) is 2. The number of aromatic nitrogens is 1. The van der Waals surface area contributed by atoms with Crippen LogP contribution < -0.4 is 0 Å². The molecule has 0 amide bonds. The highest BCUT2D eigenvalue weighted by Gasteiger charge is 2.40. The Morgan fingerprint density at radius 1 is 1.47 bits per heavy atom. The van der Waals surface area contributed by atoms with Gasteiger partial charge in [-0.1, -0.05) is 0 Å². The van der Waals surface area contributed by atoms with Crippen molar-refractivity contribution in [2.75, 3.05) is 6.61 Å². The van der Waals surface area contributed by atoms with Gasteiger partial charge in [0.05, 0.1) is 11.6 Å². The molecule has 0 spiro atoms. The van der Waals surface area contributed by atoms with Gasteiger partial charge in [0.15, 0.2) is 5.78 Å². The van der Waals surface area contributed by atoms with Gasteiger partial charge in [-0.2, -0.15) is 0 Å². The maximum atomic E-state index is 11.9. The summed E-state index contributed by atoms with van der Waals surface area (Å²) in [6, 6.07) is 1.99. The lowest BCUT2D eigenvalue weighted by atomic mass is 9.91. The smallest absolute Gasteiger partial charge is 0.164 e. The van der Waals surface area contributed by atoms with Crippen molar-refractivity contribution >= 4 is 5.78 Å². The summed E-state index contributed by atoms with van der Waals surface area (Å²) >= 11 is 0. The maximum absolute atomic E-state index is 11.9. The molecule has 3 rings (SSSR count). The standard InChI is InChI=1S/C14H19NO2/c1-10-14(2,7-9-17-10)15-8-6-11-12(15)4-3-5-13(11)16/h6,8,10H,3-5,7,9H2,1-2H3. The summed E-state index contributed by atoms with van der Waals surface area (Å²) in [5, 5.41) is 0. The van der Waals surface area contributed by atoms with Crippen LogP contribution in [-0.2, 0) is 16.7 Å². The minimum atomic E-state index is 0.0191. The Hall–Kier alpha value is -1.09. The molecule has 2 atom stereocenters. The van der Waals surface area contributed by atoms with Crippen molar-refractivity contribution < 1.29 is 9.53 Å². The molecule has 1 saturated heterocycles. The molecule has 1 aliphatic heterocycles. The predicted octanol–water partition coefficient (Wildman–Crippen LogP) is 2.53. The molecular formula is C14H19NO2. The van der Waals surface area contributed by atoms with E-state index in [1.54, 1.807) is 0 Å². The van der Waals surface area contributed by atoms with Crippen molar-refractivity contribution in [1.82, 2.24) is 4.57 Å². The van der Waals surface area contributed by atoms with Crippen molar-refractivity contribution in [2.24, 2.45) is 0 Å². The molecule has 3 nitrogen and oxygen atoms in total. The highest BCUT2D eigenvalue weighted by molar-refractivity contribution is 5.98. The molecule has 1 aliphatic carbocycles. The van der Waals surface area contributed by atoms with E-state index in [1.807, 2.05) is 6.07 Å². The van der Waals surface area contributed by atoms with Gasteiger partial charge in [0, 0.05) is 30.5 Å². The number of carbonyl (C=O) groups excluding carboxylic acids is 1. The van der Waals surface area contributed by atoms with Gasteiger partial charge in [0.2, 0.25) is 0 Å². The van der Waals surface area contributed by atoms with Crippen LogP contribution in [0.4, 0.5) is 0 Å². The second-order valence-corrected chi connectivity index (χ2v) is 5.44. The first-order chi connectivity index (χ1) is 8.13. The minimum Gasteiger partial charge on any atom is -0.376 e. The van der Waals surface area contributed by atoms with Gasteiger partial charge >= 0.3 is 0 Å². The lowest BCUT2D eigenvalue weighted by Crippen LogP contribution is -2.38. The van der Waals surface area contributed by atoms with Crippen LogP contribution in [-0.4, -0.2) is 23.1 Å². The zero-order chi connectivity index (χ0) is 12.0. The maximum Gasteiger partial charge on any atom is 0.164 e. The highest BCUT2D eigenvalue weighted by atomic mass is 16.5. The summed E-state index contributed by atoms with van der Waals surface area (Å²) in [6.45, 7) is 5.19. The summed E-state index contributed by atoms with van der Waals surface area (Å²) in [5.41, 5.74) is 2.18. The van der Waals surface area contributed by atoms with E-state index in [0.717, 1.165) is 31.4 Å². The van der Waals surface area contributed by atoms with Crippen molar-refractivity contribution in [1.29, 1.82) is 0 Å². The SMILES string of the molecule is CC1OCCC1(C)n1ccc2c1CCCC2=O.